The van der Waals surface area contributed by atoms with E-state index >= 15 is 0 Å². The van der Waals surface area contributed by atoms with Crippen LogP contribution in [0.1, 0.15) is 26.5 Å². The first-order chi connectivity index (χ1) is 11.8. The summed E-state index contributed by atoms with van der Waals surface area (Å²) < 4.78 is 0. The lowest BCUT2D eigenvalue weighted by Gasteiger charge is -2.43. The number of hydrogen-bond acceptors (Lipinski definition) is 4. The van der Waals surface area contributed by atoms with Gasteiger partial charge in [-0.1, -0.05) is 23.7 Å². The van der Waals surface area contributed by atoms with Gasteiger partial charge < -0.3 is 10.6 Å². The van der Waals surface area contributed by atoms with E-state index in [4.69, 9.17) is 17.3 Å². The van der Waals surface area contributed by atoms with Crippen molar-refractivity contribution in [2.45, 2.75) is 33.2 Å². The number of nitrogen functional groups attached to an aromatic ring is 1. The highest BCUT2D eigenvalue weighted by Gasteiger charge is 2.26. The molecule has 0 saturated carbocycles. The number of nitrogens with two attached hydrogens (primary N) is 1. The molecule has 1 fully saturated rings. The fourth-order valence-electron chi connectivity index (χ4n) is 3.35. The fourth-order valence-corrected chi connectivity index (χ4v) is 3.60. The molecule has 5 heteroatoms. The molecule has 1 aliphatic heterocycles. The maximum absolute atomic E-state index is 6.24. The third-order valence-electron chi connectivity index (χ3n) is 4.85. The van der Waals surface area contributed by atoms with Gasteiger partial charge in [-0.05, 0) is 45.9 Å². The molecular weight excluding hydrogens is 332 g/mol. The Balaban J connectivity index is 1.84. The van der Waals surface area contributed by atoms with Crippen molar-refractivity contribution >= 4 is 23.0 Å². The molecule has 1 aromatic heterocycles. The van der Waals surface area contributed by atoms with Crippen LogP contribution in [0.5, 0.6) is 0 Å². The minimum Gasteiger partial charge on any atom is -0.396 e. The first-order valence-electron chi connectivity index (χ1n) is 8.79. The third-order valence-corrected chi connectivity index (χ3v) is 5.16. The van der Waals surface area contributed by atoms with E-state index in [9.17, 15) is 0 Å². The van der Waals surface area contributed by atoms with E-state index < -0.39 is 0 Å². The maximum Gasteiger partial charge on any atom is 0.0950 e. The number of rotatable bonds is 2. The minimum absolute atomic E-state index is 0.227. The monoisotopic (exact) mass is 358 g/mol. The molecule has 0 aliphatic carbocycles. The zero-order valence-corrected chi connectivity index (χ0v) is 16.3. The van der Waals surface area contributed by atoms with Gasteiger partial charge in [-0.2, -0.15) is 0 Å². The second-order valence-corrected chi connectivity index (χ2v) is 8.11. The zero-order chi connectivity index (χ0) is 18.2. The first-order valence-corrected chi connectivity index (χ1v) is 9.16. The van der Waals surface area contributed by atoms with Gasteiger partial charge in [0.15, 0.2) is 0 Å². The highest BCUT2D eigenvalue weighted by molar-refractivity contribution is 6.33. The van der Waals surface area contributed by atoms with Crippen LogP contribution < -0.4 is 10.6 Å². The van der Waals surface area contributed by atoms with Crippen LogP contribution in [0.25, 0.3) is 11.3 Å². The smallest absolute Gasteiger partial charge is 0.0950 e. The predicted octanol–water partition coefficient (Wildman–Crippen LogP) is 4.21. The number of nitrogens with zero attached hydrogens (tertiary/aromatic N) is 3. The van der Waals surface area contributed by atoms with Crippen molar-refractivity contribution in [3.05, 3.63) is 41.0 Å². The number of piperazine rings is 1. The molecule has 0 radical (unpaired) electrons. The largest absolute Gasteiger partial charge is 0.396 e. The number of pyridine rings is 1. The van der Waals surface area contributed by atoms with Gasteiger partial charge in [-0.25, -0.2) is 0 Å². The molecule has 1 aromatic carbocycles. The summed E-state index contributed by atoms with van der Waals surface area (Å²) in [4.78, 5) is 9.56. The summed E-state index contributed by atoms with van der Waals surface area (Å²) >= 11 is 6.24. The van der Waals surface area contributed by atoms with E-state index in [0.717, 1.165) is 43.1 Å². The highest BCUT2D eigenvalue weighted by Crippen LogP contribution is 2.32. The first kappa shape index (κ1) is 18.0. The molecule has 0 bridgehead atoms. The molecule has 0 amide bonds. The van der Waals surface area contributed by atoms with Crippen molar-refractivity contribution in [2.24, 2.45) is 0 Å². The van der Waals surface area contributed by atoms with Crippen molar-refractivity contribution in [1.82, 2.24) is 9.88 Å². The molecule has 0 spiro atoms. The molecular formula is C20H27ClN4. The number of aryl methyl sites for hydroxylation is 1. The Morgan fingerprint density at radius 1 is 1.08 bits per heavy atom. The fraction of sp³-hybridized carbons (Fsp3) is 0.450. The number of aromatic nitrogens is 1. The van der Waals surface area contributed by atoms with Crippen molar-refractivity contribution in [1.29, 1.82) is 0 Å². The van der Waals surface area contributed by atoms with Gasteiger partial charge in [0.2, 0.25) is 0 Å². The minimum atomic E-state index is 0.227. The van der Waals surface area contributed by atoms with Gasteiger partial charge >= 0.3 is 0 Å². The summed E-state index contributed by atoms with van der Waals surface area (Å²) in [5.74, 6) is 0. The van der Waals surface area contributed by atoms with Crippen LogP contribution in [-0.2, 0) is 0 Å². The van der Waals surface area contributed by atoms with Gasteiger partial charge in [0.25, 0.3) is 0 Å². The summed E-state index contributed by atoms with van der Waals surface area (Å²) in [6.45, 7) is 13.0. The lowest BCUT2D eigenvalue weighted by Crippen LogP contribution is -2.53. The number of hydrogen-bond donors (Lipinski definition) is 1. The Hall–Kier alpha value is -1.78. The van der Waals surface area contributed by atoms with Gasteiger partial charge in [0.05, 0.1) is 16.4 Å². The maximum atomic E-state index is 6.24. The lowest BCUT2D eigenvalue weighted by atomic mass is 10.0. The molecule has 0 unspecified atom stereocenters. The highest BCUT2D eigenvalue weighted by atomic mass is 35.5. The third kappa shape index (κ3) is 3.91. The van der Waals surface area contributed by atoms with Crippen LogP contribution in [-0.4, -0.2) is 41.6 Å². The normalized spacial score (nSPS) is 16.3. The van der Waals surface area contributed by atoms with Crippen molar-refractivity contribution in [2.75, 3.05) is 36.8 Å². The summed E-state index contributed by atoms with van der Waals surface area (Å²) in [5, 5.41) is 0.562. The van der Waals surface area contributed by atoms with Crippen LogP contribution in [0.2, 0.25) is 5.02 Å². The summed E-state index contributed by atoms with van der Waals surface area (Å²) in [6.07, 6.45) is 0. The second kappa shape index (κ2) is 6.85. The predicted molar refractivity (Wildman–Crippen MR) is 107 cm³/mol. The summed E-state index contributed by atoms with van der Waals surface area (Å²) in [6, 6.07) is 10.2. The number of anilines is 2. The van der Waals surface area contributed by atoms with Crippen molar-refractivity contribution in [3.63, 3.8) is 0 Å². The topological polar surface area (TPSA) is 45.4 Å². The van der Waals surface area contributed by atoms with E-state index in [0.29, 0.717) is 10.7 Å². The Morgan fingerprint density at radius 2 is 1.76 bits per heavy atom. The zero-order valence-electron chi connectivity index (χ0n) is 15.5. The van der Waals surface area contributed by atoms with E-state index in [2.05, 4.69) is 53.8 Å². The molecule has 25 heavy (non-hydrogen) atoms. The Bertz CT molecular complexity index is 759. The number of benzene rings is 1. The Labute approximate surface area is 155 Å². The van der Waals surface area contributed by atoms with Gasteiger partial charge in [0.1, 0.15) is 0 Å². The molecule has 134 valence electrons. The standard InChI is InChI=1S/C20H27ClN4/c1-14-12-17(21)18(22)19(23-14)15-6-5-7-16(13-15)24-8-10-25(11-9-24)20(2,3)4/h5-7,12-13H,8-11,22H2,1-4H3. The van der Waals surface area contributed by atoms with Gasteiger partial charge in [-0.15, -0.1) is 0 Å². The average Bonchev–Trinajstić information content (AvgIpc) is 2.57. The second-order valence-electron chi connectivity index (χ2n) is 7.70. The lowest BCUT2D eigenvalue weighted by molar-refractivity contribution is 0.128. The van der Waals surface area contributed by atoms with E-state index in [1.165, 1.54) is 5.69 Å². The molecule has 2 N–H and O–H groups in total. The SMILES string of the molecule is Cc1cc(Cl)c(N)c(-c2cccc(N3CCN(C(C)(C)C)CC3)c2)n1. The average molecular weight is 359 g/mol. The molecule has 3 rings (SSSR count). The van der Waals surface area contributed by atoms with Crippen LogP contribution >= 0.6 is 11.6 Å². The van der Waals surface area contributed by atoms with Crippen LogP contribution in [0.15, 0.2) is 30.3 Å². The molecule has 4 nitrogen and oxygen atoms in total. The van der Waals surface area contributed by atoms with Crippen LogP contribution in [0.3, 0.4) is 0 Å². The Kier molecular flexibility index (Phi) is 4.94. The van der Waals surface area contributed by atoms with Gasteiger partial charge in [0, 0.05) is 48.7 Å². The molecule has 2 aromatic rings. The Morgan fingerprint density at radius 3 is 2.40 bits per heavy atom. The van der Waals surface area contributed by atoms with Crippen LogP contribution in [0.4, 0.5) is 11.4 Å². The molecule has 2 heterocycles. The van der Waals surface area contributed by atoms with Crippen LogP contribution in [0, 0.1) is 6.92 Å². The quantitative estimate of drug-likeness (QED) is 0.873. The molecule has 1 aliphatic rings. The van der Waals surface area contributed by atoms with E-state index in [-0.39, 0.29) is 5.54 Å². The van der Waals surface area contributed by atoms with E-state index in [1.807, 2.05) is 13.0 Å². The van der Waals surface area contributed by atoms with E-state index in [1.54, 1.807) is 6.07 Å². The van der Waals surface area contributed by atoms with Crippen molar-refractivity contribution < 1.29 is 0 Å². The van der Waals surface area contributed by atoms with Gasteiger partial charge in [-0.3, -0.25) is 9.88 Å². The summed E-state index contributed by atoms with van der Waals surface area (Å²) in [5.41, 5.74) is 10.8. The molecule has 0 atom stereocenters. The summed E-state index contributed by atoms with van der Waals surface area (Å²) in [7, 11) is 0. The van der Waals surface area contributed by atoms with Crippen molar-refractivity contribution in [3.8, 4) is 11.3 Å². The number of halogens is 1. The molecule has 1 saturated heterocycles.